The summed E-state index contributed by atoms with van der Waals surface area (Å²) >= 11 is 0. The molecule has 0 fully saturated rings. The van der Waals surface area contributed by atoms with Crippen LogP contribution in [0.2, 0.25) is 0 Å². The fourth-order valence-electron chi connectivity index (χ4n) is 2.22. The molecule has 2 aromatic carbocycles. The van der Waals surface area contributed by atoms with E-state index in [1.165, 1.54) is 24.3 Å². The molecule has 0 saturated carbocycles. The third-order valence-corrected chi connectivity index (χ3v) is 3.41. The highest BCUT2D eigenvalue weighted by Gasteiger charge is 2.15. The van der Waals surface area contributed by atoms with Gasteiger partial charge in [0, 0.05) is 35.0 Å². The Balaban J connectivity index is 1.99. The lowest BCUT2D eigenvalue weighted by atomic mass is 10.1. The minimum absolute atomic E-state index is 0.0401. The van der Waals surface area contributed by atoms with Crippen LogP contribution in [0.5, 0.6) is 0 Å². The molecular weight excluding hydrogens is 346 g/mol. The van der Waals surface area contributed by atoms with Crippen LogP contribution in [-0.4, -0.2) is 22.3 Å². The predicted molar refractivity (Wildman–Crippen MR) is 104 cm³/mol. The molecule has 0 aliphatic rings. The summed E-state index contributed by atoms with van der Waals surface area (Å²) in [6, 6.07) is 12.5. The molecule has 0 radical (unpaired) electrons. The first-order valence-electron chi connectivity index (χ1n) is 8.30. The monoisotopic (exact) mass is 367 g/mol. The summed E-state index contributed by atoms with van der Waals surface area (Å²) in [5.41, 5.74) is 1.21. The smallest absolute Gasteiger partial charge is 0.270 e. The molecule has 2 N–H and O–H groups in total. The van der Waals surface area contributed by atoms with E-state index >= 15 is 0 Å². The number of carbonyl (C=O) groups is 2. The summed E-state index contributed by atoms with van der Waals surface area (Å²) in [7, 11) is 0. The Kier molecular flexibility index (Phi) is 6.07. The number of nitro benzene ring substituents is 1. The van der Waals surface area contributed by atoms with Crippen LogP contribution in [0.3, 0.4) is 0 Å². The standard InChI is InChI=1S/C20H21N3O4/c1-20(2,3)22-19(25)15-8-10-16(11-9-15)21-18(24)12-7-14-5-4-6-17(13-14)23(26)27/h4-13H,1-3H3,(H,21,24)(H,22,25)/b12-7+. The molecule has 0 aliphatic carbocycles. The topological polar surface area (TPSA) is 101 Å². The summed E-state index contributed by atoms with van der Waals surface area (Å²) in [6.07, 6.45) is 2.78. The maximum absolute atomic E-state index is 12.1. The van der Waals surface area contributed by atoms with Gasteiger partial charge in [0.2, 0.25) is 5.91 Å². The first-order valence-corrected chi connectivity index (χ1v) is 8.30. The van der Waals surface area contributed by atoms with Gasteiger partial charge < -0.3 is 10.6 Å². The minimum Gasteiger partial charge on any atom is -0.347 e. The summed E-state index contributed by atoms with van der Waals surface area (Å²) in [4.78, 5) is 34.3. The number of carbonyl (C=O) groups excluding carboxylic acids is 2. The quantitative estimate of drug-likeness (QED) is 0.477. The number of benzene rings is 2. The number of hydrogen-bond donors (Lipinski definition) is 2. The van der Waals surface area contributed by atoms with Gasteiger partial charge in [0.25, 0.3) is 11.6 Å². The molecular formula is C20H21N3O4. The maximum atomic E-state index is 12.1. The van der Waals surface area contributed by atoms with Crippen molar-refractivity contribution in [1.82, 2.24) is 5.32 Å². The molecule has 0 unspecified atom stereocenters. The Bertz CT molecular complexity index is 881. The lowest BCUT2D eigenvalue weighted by molar-refractivity contribution is -0.384. The third kappa shape index (κ3) is 6.39. The molecule has 7 nitrogen and oxygen atoms in total. The fourth-order valence-corrected chi connectivity index (χ4v) is 2.22. The van der Waals surface area contributed by atoms with Crippen LogP contribution >= 0.6 is 0 Å². The Morgan fingerprint density at radius 1 is 1.07 bits per heavy atom. The van der Waals surface area contributed by atoms with Crippen LogP contribution in [-0.2, 0) is 4.79 Å². The second-order valence-corrected chi connectivity index (χ2v) is 6.96. The molecule has 2 amide bonds. The van der Waals surface area contributed by atoms with E-state index in [9.17, 15) is 19.7 Å². The van der Waals surface area contributed by atoms with Gasteiger partial charge in [0.1, 0.15) is 0 Å². The van der Waals surface area contributed by atoms with Crippen molar-refractivity contribution in [2.75, 3.05) is 5.32 Å². The van der Waals surface area contributed by atoms with Crippen molar-refractivity contribution in [3.63, 3.8) is 0 Å². The van der Waals surface area contributed by atoms with E-state index in [2.05, 4.69) is 10.6 Å². The zero-order valence-electron chi connectivity index (χ0n) is 15.4. The lowest BCUT2D eigenvalue weighted by Gasteiger charge is -2.20. The van der Waals surface area contributed by atoms with Crippen LogP contribution in [0.15, 0.2) is 54.6 Å². The molecule has 7 heteroatoms. The molecule has 2 aromatic rings. The molecule has 0 saturated heterocycles. The number of hydrogen-bond acceptors (Lipinski definition) is 4. The largest absolute Gasteiger partial charge is 0.347 e. The van der Waals surface area contributed by atoms with E-state index < -0.39 is 4.92 Å². The Morgan fingerprint density at radius 3 is 2.33 bits per heavy atom. The van der Waals surface area contributed by atoms with Gasteiger partial charge in [-0.25, -0.2) is 0 Å². The number of non-ortho nitro benzene ring substituents is 1. The summed E-state index contributed by atoms with van der Waals surface area (Å²) < 4.78 is 0. The van der Waals surface area contributed by atoms with E-state index in [4.69, 9.17) is 0 Å². The van der Waals surface area contributed by atoms with Crippen molar-refractivity contribution in [1.29, 1.82) is 0 Å². The lowest BCUT2D eigenvalue weighted by Crippen LogP contribution is -2.40. The SMILES string of the molecule is CC(C)(C)NC(=O)c1ccc(NC(=O)/C=C/c2cccc([N+](=O)[O-])c2)cc1. The molecule has 0 heterocycles. The van der Waals surface area contributed by atoms with Gasteiger partial charge in [-0.1, -0.05) is 12.1 Å². The number of amides is 2. The predicted octanol–water partition coefficient (Wildman–Crippen LogP) is 3.78. The molecule has 0 atom stereocenters. The normalized spacial score (nSPS) is 11.2. The molecule has 2 rings (SSSR count). The molecule has 140 valence electrons. The first kappa shape index (κ1) is 19.8. The fraction of sp³-hybridized carbons (Fsp3) is 0.200. The Labute approximate surface area is 157 Å². The minimum atomic E-state index is -0.491. The van der Waals surface area contributed by atoms with E-state index in [0.717, 1.165) is 0 Å². The van der Waals surface area contributed by atoms with Crippen LogP contribution in [0.4, 0.5) is 11.4 Å². The number of nitrogens with one attached hydrogen (secondary N) is 2. The van der Waals surface area contributed by atoms with Gasteiger partial charge in [0.05, 0.1) is 4.92 Å². The Hall–Kier alpha value is -3.48. The highest BCUT2D eigenvalue weighted by molar-refractivity contribution is 6.02. The van der Waals surface area contributed by atoms with Crippen LogP contribution in [0.1, 0.15) is 36.7 Å². The second kappa shape index (κ2) is 8.27. The zero-order valence-corrected chi connectivity index (χ0v) is 15.4. The van der Waals surface area contributed by atoms with Crippen LogP contribution in [0, 0.1) is 10.1 Å². The van der Waals surface area contributed by atoms with Crippen LogP contribution < -0.4 is 10.6 Å². The van der Waals surface area contributed by atoms with Gasteiger partial charge in [-0.2, -0.15) is 0 Å². The van der Waals surface area contributed by atoms with Crippen molar-refractivity contribution < 1.29 is 14.5 Å². The maximum Gasteiger partial charge on any atom is 0.270 e. The van der Waals surface area contributed by atoms with Crippen molar-refractivity contribution in [3.8, 4) is 0 Å². The van der Waals surface area contributed by atoms with E-state index in [0.29, 0.717) is 16.8 Å². The number of rotatable bonds is 5. The molecule has 0 aromatic heterocycles. The third-order valence-electron chi connectivity index (χ3n) is 3.41. The van der Waals surface area contributed by atoms with Gasteiger partial charge in [-0.3, -0.25) is 19.7 Å². The van der Waals surface area contributed by atoms with E-state index in [1.807, 2.05) is 20.8 Å². The number of nitro groups is 1. The van der Waals surface area contributed by atoms with Crippen molar-refractivity contribution >= 4 is 29.3 Å². The second-order valence-electron chi connectivity index (χ2n) is 6.96. The van der Waals surface area contributed by atoms with E-state index in [1.54, 1.807) is 36.4 Å². The summed E-state index contributed by atoms with van der Waals surface area (Å²) in [6.45, 7) is 5.69. The highest BCUT2D eigenvalue weighted by atomic mass is 16.6. The Morgan fingerprint density at radius 2 is 1.74 bits per heavy atom. The van der Waals surface area contributed by atoms with Crippen molar-refractivity contribution in [2.24, 2.45) is 0 Å². The number of anilines is 1. The zero-order chi connectivity index (χ0) is 20.0. The van der Waals surface area contributed by atoms with E-state index in [-0.39, 0.29) is 23.0 Å². The summed E-state index contributed by atoms with van der Waals surface area (Å²) in [5, 5.41) is 16.3. The number of nitrogens with zero attached hydrogens (tertiary/aromatic N) is 1. The van der Waals surface area contributed by atoms with Crippen molar-refractivity contribution in [3.05, 3.63) is 75.8 Å². The van der Waals surface area contributed by atoms with Crippen molar-refractivity contribution in [2.45, 2.75) is 26.3 Å². The highest BCUT2D eigenvalue weighted by Crippen LogP contribution is 2.15. The first-order chi connectivity index (χ1) is 12.6. The molecule has 0 spiro atoms. The van der Waals surface area contributed by atoms with Gasteiger partial charge in [0.15, 0.2) is 0 Å². The van der Waals surface area contributed by atoms with Crippen LogP contribution in [0.25, 0.3) is 6.08 Å². The average Bonchev–Trinajstić information content (AvgIpc) is 2.59. The van der Waals surface area contributed by atoms with Gasteiger partial charge in [-0.05, 0) is 56.7 Å². The molecule has 27 heavy (non-hydrogen) atoms. The summed E-state index contributed by atoms with van der Waals surface area (Å²) in [5.74, 6) is -0.570. The molecule has 0 bridgehead atoms. The van der Waals surface area contributed by atoms with Gasteiger partial charge >= 0.3 is 0 Å². The van der Waals surface area contributed by atoms with Gasteiger partial charge in [-0.15, -0.1) is 0 Å². The average molecular weight is 367 g/mol. The molecule has 0 aliphatic heterocycles.